The monoisotopic (exact) mass is 263 g/mol. The highest BCUT2D eigenvalue weighted by Crippen LogP contribution is 2.58. The van der Waals surface area contributed by atoms with Gasteiger partial charge in [0.15, 0.2) is 0 Å². The van der Waals surface area contributed by atoms with Crippen LogP contribution in [0.4, 0.5) is 0 Å². The van der Waals surface area contributed by atoms with Crippen molar-refractivity contribution in [1.82, 2.24) is 4.90 Å². The Bertz CT molecular complexity index is 421. The van der Waals surface area contributed by atoms with Crippen molar-refractivity contribution in [2.45, 2.75) is 56.8 Å². The van der Waals surface area contributed by atoms with Gasteiger partial charge >= 0.3 is 0 Å². The summed E-state index contributed by atoms with van der Waals surface area (Å²) in [6.07, 6.45) is 6.95. The molecule has 0 aromatic heterocycles. The summed E-state index contributed by atoms with van der Waals surface area (Å²) in [5.41, 5.74) is 1.58. The van der Waals surface area contributed by atoms with E-state index in [2.05, 4.69) is 17.9 Å². The van der Waals surface area contributed by atoms with Crippen molar-refractivity contribution in [3.8, 4) is 0 Å². The van der Waals surface area contributed by atoms with Gasteiger partial charge in [0.2, 0.25) is 0 Å². The van der Waals surface area contributed by atoms with Gasteiger partial charge in [-0.3, -0.25) is 4.90 Å². The van der Waals surface area contributed by atoms with E-state index >= 15 is 0 Å². The fourth-order valence-electron chi connectivity index (χ4n) is 5.73. The van der Waals surface area contributed by atoms with E-state index in [0.717, 1.165) is 25.8 Å². The highest BCUT2D eigenvalue weighted by Gasteiger charge is 2.62. The fourth-order valence-corrected chi connectivity index (χ4v) is 5.73. The summed E-state index contributed by atoms with van der Waals surface area (Å²) in [6.45, 7) is 4.64. The van der Waals surface area contributed by atoms with Gasteiger partial charge in [-0.25, -0.2) is 0 Å². The molecule has 2 N–H and O–H groups in total. The predicted octanol–water partition coefficient (Wildman–Crippen LogP) is 1.55. The lowest BCUT2D eigenvalue weighted by Gasteiger charge is -2.65. The molecule has 0 aromatic carbocycles. The third-order valence-corrected chi connectivity index (χ3v) is 6.27. The van der Waals surface area contributed by atoms with Crippen molar-refractivity contribution in [3.05, 3.63) is 11.6 Å². The van der Waals surface area contributed by atoms with E-state index in [1.807, 2.05) is 0 Å². The van der Waals surface area contributed by atoms with Crippen molar-refractivity contribution >= 4 is 0 Å². The Morgan fingerprint density at radius 2 is 2.11 bits per heavy atom. The van der Waals surface area contributed by atoms with Gasteiger partial charge in [-0.1, -0.05) is 13.0 Å². The van der Waals surface area contributed by atoms with Gasteiger partial charge in [-0.2, -0.15) is 0 Å². The van der Waals surface area contributed by atoms with Gasteiger partial charge in [0, 0.05) is 23.9 Å². The molecule has 3 fully saturated rings. The zero-order chi connectivity index (χ0) is 13.2. The minimum atomic E-state index is -0.537. The standard InChI is InChI=1S/C16H25NO2/c1-10-8-11-12-4-2-6-17-7-3-5-13(15(19)14(11)18)16(12,17)9-10/h4,10-11,13-15,18-19H,2-3,5-9H2,1H3/t10-,11-,13-,14+,15+,16-/m0/s1. The SMILES string of the molecule is C[C@H]1C[C@H]2C3=CCCN4CCC[C@@H]([C@@H](O)[C@@H]2O)[C@]34C1. The molecule has 2 heterocycles. The summed E-state index contributed by atoms with van der Waals surface area (Å²) in [5.74, 6) is 1.11. The van der Waals surface area contributed by atoms with E-state index in [9.17, 15) is 10.2 Å². The van der Waals surface area contributed by atoms with Crippen molar-refractivity contribution in [3.63, 3.8) is 0 Å². The highest BCUT2D eigenvalue weighted by molar-refractivity contribution is 5.36. The van der Waals surface area contributed by atoms with Crippen LogP contribution >= 0.6 is 0 Å². The number of piperidine rings is 1. The van der Waals surface area contributed by atoms with Crippen molar-refractivity contribution in [1.29, 1.82) is 0 Å². The second-order valence-corrected chi connectivity index (χ2v) is 7.24. The second kappa shape index (κ2) is 4.06. The molecule has 6 atom stereocenters. The minimum Gasteiger partial charge on any atom is -0.390 e. The molecule has 1 spiro atoms. The summed E-state index contributed by atoms with van der Waals surface area (Å²) >= 11 is 0. The zero-order valence-corrected chi connectivity index (χ0v) is 11.8. The lowest BCUT2D eigenvalue weighted by Crippen LogP contribution is -2.71. The number of hydrogen-bond donors (Lipinski definition) is 2. The first kappa shape index (κ1) is 12.4. The largest absolute Gasteiger partial charge is 0.390 e. The normalized spacial score (nSPS) is 53.4. The molecule has 2 aliphatic carbocycles. The first-order valence-corrected chi connectivity index (χ1v) is 7.96. The zero-order valence-electron chi connectivity index (χ0n) is 11.8. The Balaban J connectivity index is 1.88. The molecule has 2 aliphatic heterocycles. The Morgan fingerprint density at radius 1 is 1.26 bits per heavy atom. The Hall–Kier alpha value is -0.380. The molecule has 4 rings (SSSR count). The maximum absolute atomic E-state index is 10.6. The maximum atomic E-state index is 10.6. The minimum absolute atomic E-state index is 0.0947. The molecular weight excluding hydrogens is 238 g/mol. The summed E-state index contributed by atoms with van der Waals surface area (Å²) in [6, 6.07) is 0. The molecule has 2 saturated carbocycles. The quantitative estimate of drug-likeness (QED) is 0.652. The highest BCUT2D eigenvalue weighted by atomic mass is 16.3. The van der Waals surface area contributed by atoms with Crippen LogP contribution in [0.5, 0.6) is 0 Å². The molecular formula is C16H25NO2. The number of hydrogen-bond acceptors (Lipinski definition) is 3. The van der Waals surface area contributed by atoms with Crippen LogP contribution in [-0.2, 0) is 0 Å². The Labute approximate surface area is 115 Å². The van der Waals surface area contributed by atoms with E-state index < -0.39 is 12.2 Å². The van der Waals surface area contributed by atoms with Crippen LogP contribution in [0.15, 0.2) is 11.6 Å². The van der Waals surface area contributed by atoms with Gasteiger partial charge in [-0.05, 0) is 50.1 Å². The Morgan fingerprint density at radius 3 is 2.95 bits per heavy atom. The number of aliphatic hydroxyl groups is 2. The molecule has 19 heavy (non-hydrogen) atoms. The van der Waals surface area contributed by atoms with E-state index in [-0.39, 0.29) is 17.4 Å². The van der Waals surface area contributed by atoms with Crippen LogP contribution in [0.1, 0.15) is 39.0 Å². The van der Waals surface area contributed by atoms with E-state index in [4.69, 9.17) is 0 Å². The van der Waals surface area contributed by atoms with Crippen LogP contribution in [0, 0.1) is 17.8 Å². The number of nitrogens with zero attached hydrogens (tertiary/aromatic N) is 1. The van der Waals surface area contributed by atoms with Crippen molar-refractivity contribution in [2.75, 3.05) is 13.1 Å². The molecule has 0 amide bonds. The summed E-state index contributed by atoms with van der Waals surface area (Å²) < 4.78 is 0. The van der Waals surface area contributed by atoms with E-state index in [1.54, 1.807) is 0 Å². The van der Waals surface area contributed by atoms with Crippen LogP contribution < -0.4 is 0 Å². The van der Waals surface area contributed by atoms with Gasteiger partial charge < -0.3 is 10.2 Å². The van der Waals surface area contributed by atoms with Crippen LogP contribution in [0.3, 0.4) is 0 Å². The third-order valence-electron chi connectivity index (χ3n) is 6.27. The first-order chi connectivity index (χ1) is 9.14. The van der Waals surface area contributed by atoms with Gasteiger partial charge in [0.1, 0.15) is 0 Å². The average molecular weight is 263 g/mol. The van der Waals surface area contributed by atoms with Crippen molar-refractivity contribution < 1.29 is 10.2 Å². The van der Waals surface area contributed by atoms with Crippen LogP contribution in [0.25, 0.3) is 0 Å². The Kier molecular flexibility index (Phi) is 2.64. The van der Waals surface area contributed by atoms with E-state index in [0.29, 0.717) is 5.92 Å². The summed E-state index contributed by atoms with van der Waals surface area (Å²) in [5, 5.41) is 21.2. The molecule has 4 aliphatic rings. The molecule has 0 radical (unpaired) electrons. The smallest absolute Gasteiger partial charge is 0.0868 e. The summed E-state index contributed by atoms with van der Waals surface area (Å²) in [4.78, 5) is 2.65. The maximum Gasteiger partial charge on any atom is 0.0868 e. The number of rotatable bonds is 0. The first-order valence-electron chi connectivity index (χ1n) is 7.96. The average Bonchev–Trinajstić information content (AvgIpc) is 2.40. The lowest BCUT2D eigenvalue weighted by atomic mass is 9.51. The van der Waals surface area contributed by atoms with Gasteiger partial charge in [0.05, 0.1) is 12.2 Å². The fraction of sp³-hybridized carbons (Fsp3) is 0.875. The molecule has 2 bridgehead atoms. The van der Waals surface area contributed by atoms with Crippen LogP contribution in [0.2, 0.25) is 0 Å². The van der Waals surface area contributed by atoms with Gasteiger partial charge in [-0.15, -0.1) is 0 Å². The molecule has 0 unspecified atom stereocenters. The third kappa shape index (κ3) is 1.44. The molecule has 0 aromatic rings. The summed E-state index contributed by atoms with van der Waals surface area (Å²) in [7, 11) is 0. The molecule has 106 valence electrons. The molecule has 1 saturated heterocycles. The molecule has 3 heteroatoms. The van der Waals surface area contributed by atoms with Gasteiger partial charge in [0.25, 0.3) is 0 Å². The second-order valence-electron chi connectivity index (χ2n) is 7.24. The van der Waals surface area contributed by atoms with Crippen molar-refractivity contribution in [2.24, 2.45) is 17.8 Å². The topological polar surface area (TPSA) is 43.7 Å². The molecule has 3 nitrogen and oxygen atoms in total. The number of aliphatic hydroxyl groups excluding tert-OH is 2. The van der Waals surface area contributed by atoms with Crippen LogP contribution in [-0.4, -0.2) is 45.9 Å². The lowest BCUT2D eigenvalue weighted by molar-refractivity contribution is -0.159. The predicted molar refractivity (Wildman–Crippen MR) is 73.6 cm³/mol. The van der Waals surface area contributed by atoms with E-state index in [1.165, 1.54) is 25.0 Å².